The molecule has 1 aliphatic rings. The lowest BCUT2D eigenvalue weighted by molar-refractivity contribution is 0.0595. The van der Waals surface area contributed by atoms with Crippen molar-refractivity contribution in [2.75, 3.05) is 30.5 Å². The number of hydrogen-bond acceptors (Lipinski definition) is 6. The number of hydrazine groups is 1. The summed E-state index contributed by atoms with van der Waals surface area (Å²) in [6.45, 7) is 6.41. The predicted octanol–water partition coefficient (Wildman–Crippen LogP) is 1.22. The van der Waals surface area contributed by atoms with Crippen LogP contribution in [0, 0.1) is 19.8 Å². The highest BCUT2D eigenvalue weighted by molar-refractivity contribution is 5.56. The molecule has 2 rings (SSSR count). The maximum Gasteiger partial charge on any atom is 0.148 e. The van der Waals surface area contributed by atoms with E-state index in [4.69, 9.17) is 10.6 Å². The third-order valence-electron chi connectivity index (χ3n) is 3.21. The maximum atomic E-state index is 5.46. The molecule has 1 unspecified atom stereocenters. The van der Waals surface area contributed by atoms with Gasteiger partial charge in [0.1, 0.15) is 17.5 Å². The van der Waals surface area contributed by atoms with Crippen LogP contribution in [0.15, 0.2) is 0 Å². The molecule has 6 heteroatoms. The number of nitrogens with zero attached hydrogens (tertiary/aromatic N) is 2. The smallest absolute Gasteiger partial charge is 0.148 e. The van der Waals surface area contributed by atoms with E-state index in [1.165, 1.54) is 6.42 Å². The van der Waals surface area contributed by atoms with Gasteiger partial charge >= 0.3 is 0 Å². The van der Waals surface area contributed by atoms with E-state index in [2.05, 4.69) is 20.7 Å². The molecule has 0 amide bonds. The molecule has 1 saturated heterocycles. The van der Waals surface area contributed by atoms with Crippen molar-refractivity contribution in [3.8, 4) is 0 Å². The Morgan fingerprint density at radius 2 is 2.11 bits per heavy atom. The van der Waals surface area contributed by atoms with Crippen molar-refractivity contribution in [1.29, 1.82) is 0 Å². The summed E-state index contributed by atoms with van der Waals surface area (Å²) >= 11 is 0. The predicted molar refractivity (Wildman–Crippen MR) is 71.3 cm³/mol. The summed E-state index contributed by atoms with van der Waals surface area (Å²) in [5.41, 5.74) is 3.54. The van der Waals surface area contributed by atoms with Gasteiger partial charge in [-0.25, -0.2) is 15.8 Å². The normalized spacial score (nSPS) is 19.6. The molecular weight excluding hydrogens is 230 g/mol. The van der Waals surface area contributed by atoms with Gasteiger partial charge in [-0.3, -0.25) is 0 Å². The molecule has 1 aromatic heterocycles. The SMILES string of the molecule is Cc1nc(NN)c(C)c(NCC2CCCOC2)n1. The molecule has 0 saturated carbocycles. The number of ether oxygens (including phenoxy) is 1. The summed E-state index contributed by atoms with van der Waals surface area (Å²) in [5, 5.41) is 3.37. The van der Waals surface area contributed by atoms with E-state index >= 15 is 0 Å². The van der Waals surface area contributed by atoms with Crippen LogP contribution in [0.3, 0.4) is 0 Å². The van der Waals surface area contributed by atoms with E-state index < -0.39 is 0 Å². The first-order valence-electron chi connectivity index (χ1n) is 6.34. The molecule has 0 bridgehead atoms. The van der Waals surface area contributed by atoms with Crippen LogP contribution in [-0.2, 0) is 4.74 Å². The Bertz CT molecular complexity index is 404. The molecule has 0 aromatic carbocycles. The minimum absolute atomic E-state index is 0.558. The van der Waals surface area contributed by atoms with Gasteiger partial charge in [0.15, 0.2) is 0 Å². The minimum Gasteiger partial charge on any atom is -0.381 e. The molecule has 2 heterocycles. The lowest BCUT2D eigenvalue weighted by Gasteiger charge is -2.23. The molecule has 0 radical (unpaired) electrons. The first-order chi connectivity index (χ1) is 8.70. The number of aryl methyl sites for hydroxylation is 1. The standard InChI is InChI=1S/C12H21N5O/c1-8-11(15-9(2)16-12(8)17-13)14-6-10-4-3-5-18-7-10/h10H,3-7,13H2,1-2H3,(H2,14,15,16,17). The van der Waals surface area contributed by atoms with Gasteiger partial charge in [0.05, 0.1) is 6.61 Å². The highest BCUT2D eigenvalue weighted by atomic mass is 16.5. The van der Waals surface area contributed by atoms with Gasteiger partial charge in [-0.05, 0) is 32.6 Å². The van der Waals surface area contributed by atoms with Crippen LogP contribution in [-0.4, -0.2) is 29.7 Å². The summed E-state index contributed by atoms with van der Waals surface area (Å²) < 4.78 is 5.46. The van der Waals surface area contributed by atoms with Gasteiger partial charge in [-0.2, -0.15) is 0 Å². The highest BCUT2D eigenvalue weighted by Gasteiger charge is 2.15. The van der Waals surface area contributed by atoms with E-state index in [0.29, 0.717) is 17.6 Å². The number of nitrogen functional groups attached to an aromatic ring is 1. The number of hydrogen-bond donors (Lipinski definition) is 3. The molecule has 1 atom stereocenters. The first kappa shape index (κ1) is 13.0. The van der Waals surface area contributed by atoms with Crippen molar-refractivity contribution < 1.29 is 4.74 Å². The van der Waals surface area contributed by atoms with Crippen LogP contribution >= 0.6 is 0 Å². The van der Waals surface area contributed by atoms with Crippen molar-refractivity contribution in [3.63, 3.8) is 0 Å². The fraction of sp³-hybridized carbons (Fsp3) is 0.667. The summed E-state index contributed by atoms with van der Waals surface area (Å²) in [7, 11) is 0. The molecule has 0 aliphatic carbocycles. The zero-order chi connectivity index (χ0) is 13.0. The van der Waals surface area contributed by atoms with E-state index in [1.807, 2.05) is 13.8 Å². The fourth-order valence-corrected chi connectivity index (χ4v) is 2.15. The summed E-state index contributed by atoms with van der Waals surface area (Å²) in [4.78, 5) is 8.64. The molecule has 1 fully saturated rings. The van der Waals surface area contributed by atoms with E-state index in [1.54, 1.807) is 0 Å². The Balaban J connectivity index is 2.01. The van der Waals surface area contributed by atoms with E-state index in [-0.39, 0.29) is 0 Å². The van der Waals surface area contributed by atoms with Gasteiger partial charge in [-0.15, -0.1) is 0 Å². The van der Waals surface area contributed by atoms with Crippen molar-refractivity contribution in [1.82, 2.24) is 9.97 Å². The fourth-order valence-electron chi connectivity index (χ4n) is 2.15. The zero-order valence-electron chi connectivity index (χ0n) is 11.0. The quantitative estimate of drug-likeness (QED) is 0.551. The maximum absolute atomic E-state index is 5.46. The van der Waals surface area contributed by atoms with Crippen LogP contribution in [0.1, 0.15) is 24.2 Å². The molecule has 6 nitrogen and oxygen atoms in total. The van der Waals surface area contributed by atoms with E-state index in [0.717, 1.165) is 37.6 Å². The Kier molecular flexibility index (Phi) is 4.33. The van der Waals surface area contributed by atoms with Crippen LogP contribution in [0.5, 0.6) is 0 Å². The number of rotatable bonds is 4. The van der Waals surface area contributed by atoms with Gasteiger partial charge in [0.2, 0.25) is 0 Å². The molecule has 0 spiro atoms. The molecule has 4 N–H and O–H groups in total. The Morgan fingerprint density at radius 1 is 1.33 bits per heavy atom. The molecule has 1 aliphatic heterocycles. The first-order valence-corrected chi connectivity index (χ1v) is 6.34. The topological polar surface area (TPSA) is 85.1 Å². The number of anilines is 2. The largest absolute Gasteiger partial charge is 0.381 e. The van der Waals surface area contributed by atoms with Crippen molar-refractivity contribution in [2.24, 2.45) is 11.8 Å². The van der Waals surface area contributed by atoms with Crippen molar-refractivity contribution in [2.45, 2.75) is 26.7 Å². The lowest BCUT2D eigenvalue weighted by Crippen LogP contribution is -2.25. The second-order valence-corrected chi connectivity index (χ2v) is 4.70. The summed E-state index contributed by atoms with van der Waals surface area (Å²) in [6, 6.07) is 0. The lowest BCUT2D eigenvalue weighted by atomic mass is 10.0. The number of nitrogens with one attached hydrogen (secondary N) is 2. The van der Waals surface area contributed by atoms with Gasteiger partial charge in [0, 0.05) is 18.7 Å². The Morgan fingerprint density at radius 3 is 2.78 bits per heavy atom. The Hall–Kier alpha value is -1.40. The minimum atomic E-state index is 0.558. The number of aromatic nitrogens is 2. The average Bonchev–Trinajstić information content (AvgIpc) is 2.40. The van der Waals surface area contributed by atoms with Gasteiger partial charge in [-0.1, -0.05) is 0 Å². The molecular formula is C12H21N5O. The Labute approximate surface area is 107 Å². The van der Waals surface area contributed by atoms with Crippen molar-refractivity contribution in [3.05, 3.63) is 11.4 Å². The van der Waals surface area contributed by atoms with Crippen LogP contribution in [0.2, 0.25) is 0 Å². The van der Waals surface area contributed by atoms with Crippen LogP contribution in [0.25, 0.3) is 0 Å². The average molecular weight is 251 g/mol. The molecule has 18 heavy (non-hydrogen) atoms. The zero-order valence-corrected chi connectivity index (χ0v) is 11.0. The van der Waals surface area contributed by atoms with Gasteiger partial charge < -0.3 is 15.5 Å². The van der Waals surface area contributed by atoms with Gasteiger partial charge in [0.25, 0.3) is 0 Å². The monoisotopic (exact) mass is 251 g/mol. The number of nitrogens with two attached hydrogens (primary N) is 1. The van der Waals surface area contributed by atoms with E-state index in [9.17, 15) is 0 Å². The third kappa shape index (κ3) is 3.08. The van der Waals surface area contributed by atoms with Crippen LogP contribution < -0.4 is 16.6 Å². The second-order valence-electron chi connectivity index (χ2n) is 4.70. The van der Waals surface area contributed by atoms with Crippen molar-refractivity contribution >= 4 is 11.6 Å². The summed E-state index contributed by atoms with van der Waals surface area (Å²) in [5.74, 6) is 8.22. The second kappa shape index (κ2) is 5.97. The summed E-state index contributed by atoms with van der Waals surface area (Å²) in [6.07, 6.45) is 2.35. The third-order valence-corrected chi connectivity index (χ3v) is 3.21. The molecule has 100 valence electrons. The van der Waals surface area contributed by atoms with Crippen LogP contribution in [0.4, 0.5) is 11.6 Å². The molecule has 1 aromatic rings. The highest BCUT2D eigenvalue weighted by Crippen LogP contribution is 2.20.